The van der Waals surface area contributed by atoms with Crippen LogP contribution in [0.4, 0.5) is 0 Å². The quantitative estimate of drug-likeness (QED) is 0.562. The molecule has 1 aliphatic heterocycles. The van der Waals surface area contributed by atoms with Crippen LogP contribution >= 0.6 is 0 Å². The molecule has 0 aliphatic carbocycles. The summed E-state index contributed by atoms with van der Waals surface area (Å²) >= 11 is 0. The van der Waals surface area contributed by atoms with Crippen molar-refractivity contribution in [3.63, 3.8) is 0 Å². The molecule has 0 amide bonds. The molecule has 1 aliphatic rings. The summed E-state index contributed by atoms with van der Waals surface area (Å²) in [5, 5.41) is 3.74. The summed E-state index contributed by atoms with van der Waals surface area (Å²) in [6.45, 7) is 5.13. The van der Waals surface area contributed by atoms with Crippen molar-refractivity contribution < 1.29 is 4.74 Å². The van der Waals surface area contributed by atoms with Crippen LogP contribution < -0.4 is 10.1 Å². The van der Waals surface area contributed by atoms with Crippen LogP contribution in [0.25, 0.3) is 0 Å². The molecule has 1 aromatic heterocycles. The van der Waals surface area contributed by atoms with E-state index in [0.29, 0.717) is 6.04 Å². The number of nitrogens with one attached hydrogen (secondary N) is 1. The maximum Gasteiger partial charge on any atom is 0.119 e. The molecule has 2 heterocycles. The second-order valence-electron chi connectivity index (χ2n) is 8.25. The van der Waals surface area contributed by atoms with Crippen molar-refractivity contribution in [2.45, 2.75) is 44.8 Å². The van der Waals surface area contributed by atoms with Crippen molar-refractivity contribution >= 4 is 0 Å². The Morgan fingerprint density at radius 2 is 1.65 bits per heavy atom. The number of likely N-dealkylation sites (tertiary alicyclic amines) is 1. The summed E-state index contributed by atoms with van der Waals surface area (Å²) in [7, 11) is 1.73. The zero-order valence-electron chi connectivity index (χ0n) is 18.6. The summed E-state index contributed by atoms with van der Waals surface area (Å²) in [4.78, 5) is 7.34. The van der Waals surface area contributed by atoms with Gasteiger partial charge in [-0.1, -0.05) is 55.5 Å². The van der Waals surface area contributed by atoms with Crippen molar-refractivity contribution in [2.75, 3.05) is 20.2 Å². The molecule has 4 rings (SSSR count). The van der Waals surface area contributed by atoms with Crippen LogP contribution in [0.2, 0.25) is 0 Å². The average molecular weight is 416 g/mol. The van der Waals surface area contributed by atoms with Crippen LogP contribution in [0.1, 0.15) is 48.3 Å². The second kappa shape index (κ2) is 10.6. The van der Waals surface area contributed by atoms with Crippen molar-refractivity contribution in [1.82, 2.24) is 15.2 Å². The molecule has 1 N–H and O–H groups in total. The van der Waals surface area contributed by atoms with Gasteiger partial charge in [0, 0.05) is 31.4 Å². The minimum atomic E-state index is 0.250. The minimum Gasteiger partial charge on any atom is -0.497 e. The van der Waals surface area contributed by atoms with Crippen LogP contribution in [0.15, 0.2) is 72.8 Å². The van der Waals surface area contributed by atoms with Gasteiger partial charge in [0.15, 0.2) is 0 Å². The van der Waals surface area contributed by atoms with Gasteiger partial charge < -0.3 is 10.1 Å². The molecule has 4 nitrogen and oxygen atoms in total. The molecule has 0 radical (unpaired) electrons. The van der Waals surface area contributed by atoms with Crippen LogP contribution in [-0.4, -0.2) is 36.1 Å². The van der Waals surface area contributed by atoms with E-state index in [-0.39, 0.29) is 6.04 Å². The Kier molecular flexibility index (Phi) is 7.34. The van der Waals surface area contributed by atoms with Gasteiger partial charge in [0.25, 0.3) is 0 Å². The fourth-order valence-electron chi connectivity index (χ4n) is 4.50. The summed E-state index contributed by atoms with van der Waals surface area (Å²) in [6.07, 6.45) is 3.26. The van der Waals surface area contributed by atoms with Crippen LogP contribution in [0.5, 0.6) is 5.75 Å². The molecule has 31 heavy (non-hydrogen) atoms. The third-order valence-corrected chi connectivity index (χ3v) is 6.22. The number of ether oxygens (including phenoxy) is 1. The van der Waals surface area contributed by atoms with E-state index >= 15 is 0 Å². The molecule has 1 saturated heterocycles. The van der Waals surface area contributed by atoms with E-state index < -0.39 is 0 Å². The third kappa shape index (κ3) is 5.52. The van der Waals surface area contributed by atoms with Gasteiger partial charge in [-0.15, -0.1) is 0 Å². The smallest absolute Gasteiger partial charge is 0.119 e. The maximum absolute atomic E-state index is 5.50. The number of benzene rings is 2. The van der Waals surface area contributed by atoms with Crippen molar-refractivity contribution in [3.05, 3.63) is 95.3 Å². The Hall–Kier alpha value is -2.69. The number of nitrogens with zero attached hydrogens (tertiary/aromatic N) is 2. The summed E-state index contributed by atoms with van der Waals surface area (Å²) < 4.78 is 5.50. The lowest BCUT2D eigenvalue weighted by atomic mass is 9.93. The highest BCUT2D eigenvalue weighted by Crippen LogP contribution is 2.32. The fourth-order valence-corrected chi connectivity index (χ4v) is 4.50. The molecule has 0 bridgehead atoms. The highest BCUT2D eigenvalue weighted by atomic mass is 16.5. The van der Waals surface area contributed by atoms with Crippen LogP contribution in [-0.2, 0) is 13.0 Å². The fraction of sp³-hybridized carbons (Fsp3) is 0.370. The standard InChI is InChI=1S/C27H33N3O/c1-3-23-12-8-13-25(29-23)20-28-24-15-17-30(18-16-24)27(21-9-5-4-6-10-21)22-11-7-14-26(19-22)31-2/h4-14,19,24,27-28H,3,15-18,20H2,1-2H3. The number of hydrogen-bond acceptors (Lipinski definition) is 4. The molecular formula is C27H33N3O. The lowest BCUT2D eigenvalue weighted by Gasteiger charge is -2.38. The Balaban J connectivity index is 1.42. The number of rotatable bonds is 8. The average Bonchev–Trinajstić information content (AvgIpc) is 2.84. The number of piperidine rings is 1. The Morgan fingerprint density at radius 1 is 0.935 bits per heavy atom. The number of methoxy groups -OCH3 is 1. The van der Waals surface area contributed by atoms with Crippen molar-refractivity contribution in [3.8, 4) is 5.75 Å². The molecule has 162 valence electrons. The van der Waals surface area contributed by atoms with E-state index in [9.17, 15) is 0 Å². The van der Waals surface area contributed by atoms with Gasteiger partial charge in [0.05, 0.1) is 18.8 Å². The summed E-state index contributed by atoms with van der Waals surface area (Å²) in [5.41, 5.74) is 4.93. The number of aromatic nitrogens is 1. The number of hydrogen-bond donors (Lipinski definition) is 1. The van der Waals surface area contributed by atoms with Gasteiger partial charge in [-0.3, -0.25) is 9.88 Å². The third-order valence-electron chi connectivity index (χ3n) is 6.22. The maximum atomic E-state index is 5.50. The van der Waals surface area contributed by atoms with E-state index in [1.807, 2.05) is 6.07 Å². The first-order valence-electron chi connectivity index (χ1n) is 11.4. The van der Waals surface area contributed by atoms with Crippen LogP contribution in [0.3, 0.4) is 0 Å². The lowest BCUT2D eigenvalue weighted by Crippen LogP contribution is -2.44. The normalized spacial score (nSPS) is 16.2. The van der Waals surface area contributed by atoms with Crippen molar-refractivity contribution in [2.24, 2.45) is 0 Å². The largest absolute Gasteiger partial charge is 0.497 e. The minimum absolute atomic E-state index is 0.250. The first-order valence-corrected chi connectivity index (χ1v) is 11.4. The highest BCUT2D eigenvalue weighted by Gasteiger charge is 2.27. The number of aryl methyl sites for hydroxylation is 1. The summed E-state index contributed by atoms with van der Waals surface area (Å²) in [5.74, 6) is 0.914. The molecule has 2 aromatic carbocycles. The number of pyridine rings is 1. The van der Waals surface area contributed by atoms with Gasteiger partial charge in [0.2, 0.25) is 0 Å². The molecule has 3 aromatic rings. The van der Waals surface area contributed by atoms with Crippen LogP contribution in [0, 0.1) is 0 Å². The van der Waals surface area contributed by atoms with Gasteiger partial charge in [-0.2, -0.15) is 0 Å². The summed E-state index contributed by atoms with van der Waals surface area (Å²) in [6, 6.07) is 26.5. The SMILES string of the molecule is CCc1cccc(CNC2CCN(C(c3ccccc3)c3cccc(OC)c3)CC2)n1. The molecular weight excluding hydrogens is 382 g/mol. The van der Waals surface area contributed by atoms with Crippen molar-refractivity contribution in [1.29, 1.82) is 0 Å². The van der Waals surface area contributed by atoms with Gasteiger partial charge in [-0.25, -0.2) is 0 Å². The molecule has 1 fully saturated rings. The Labute approximate surface area is 186 Å². The molecule has 1 atom stereocenters. The molecule has 4 heteroatoms. The second-order valence-corrected chi connectivity index (χ2v) is 8.25. The zero-order chi connectivity index (χ0) is 21.5. The predicted molar refractivity (Wildman–Crippen MR) is 126 cm³/mol. The first kappa shape index (κ1) is 21.5. The molecule has 0 spiro atoms. The molecule has 1 unspecified atom stereocenters. The van der Waals surface area contributed by atoms with E-state index in [1.165, 1.54) is 11.1 Å². The van der Waals surface area contributed by atoms with E-state index in [4.69, 9.17) is 9.72 Å². The zero-order valence-corrected chi connectivity index (χ0v) is 18.6. The van der Waals surface area contributed by atoms with E-state index in [2.05, 4.69) is 83.9 Å². The Morgan fingerprint density at radius 3 is 2.39 bits per heavy atom. The monoisotopic (exact) mass is 415 g/mol. The van der Waals surface area contributed by atoms with Gasteiger partial charge in [-0.05, 0) is 54.7 Å². The molecule has 0 saturated carbocycles. The van der Waals surface area contributed by atoms with E-state index in [0.717, 1.165) is 56.0 Å². The van der Waals surface area contributed by atoms with E-state index in [1.54, 1.807) is 7.11 Å². The van der Waals surface area contributed by atoms with Gasteiger partial charge >= 0.3 is 0 Å². The predicted octanol–water partition coefficient (Wildman–Crippen LogP) is 5.00. The lowest BCUT2D eigenvalue weighted by molar-refractivity contribution is 0.162. The Bertz CT molecular complexity index is 951. The first-order chi connectivity index (χ1) is 15.3. The topological polar surface area (TPSA) is 37.4 Å². The highest BCUT2D eigenvalue weighted by molar-refractivity contribution is 5.37. The van der Waals surface area contributed by atoms with Gasteiger partial charge in [0.1, 0.15) is 5.75 Å².